The average Bonchev–Trinajstić information content (AvgIpc) is 2.51. The molecular formula is C16H30N4O3. The zero-order chi connectivity index (χ0) is 17.2. The van der Waals surface area contributed by atoms with Crippen molar-refractivity contribution < 1.29 is 14.4 Å². The van der Waals surface area contributed by atoms with Crippen LogP contribution in [0.1, 0.15) is 46.0 Å². The van der Waals surface area contributed by atoms with Crippen LogP contribution >= 0.6 is 0 Å². The van der Waals surface area contributed by atoms with Gasteiger partial charge < -0.3 is 21.3 Å². The standard InChI is InChI=1S/C16H30N4O3/c1-12(2)19-14(21)6-3-7-15(22)20-10-4-5-13(11-20)16(23)18-9-8-17/h12-13H,3-11,17H2,1-2H3,(H,18,23)(H,19,21). The fourth-order valence-electron chi connectivity index (χ4n) is 2.71. The maximum absolute atomic E-state index is 12.2. The van der Waals surface area contributed by atoms with Crippen molar-refractivity contribution in [2.75, 3.05) is 26.2 Å². The molecule has 7 nitrogen and oxygen atoms in total. The van der Waals surface area contributed by atoms with Gasteiger partial charge in [-0.2, -0.15) is 0 Å². The summed E-state index contributed by atoms with van der Waals surface area (Å²) in [5.41, 5.74) is 5.38. The molecule has 1 aliphatic heterocycles. The van der Waals surface area contributed by atoms with Crippen LogP contribution in [0.15, 0.2) is 0 Å². The van der Waals surface area contributed by atoms with Gasteiger partial charge >= 0.3 is 0 Å². The molecule has 0 aromatic carbocycles. The zero-order valence-electron chi connectivity index (χ0n) is 14.3. The normalized spacial score (nSPS) is 17.9. The molecule has 132 valence electrons. The van der Waals surface area contributed by atoms with E-state index >= 15 is 0 Å². The Morgan fingerprint density at radius 3 is 2.65 bits per heavy atom. The number of piperidine rings is 1. The first kappa shape index (κ1) is 19.4. The van der Waals surface area contributed by atoms with E-state index in [-0.39, 0.29) is 29.7 Å². The molecule has 1 fully saturated rings. The van der Waals surface area contributed by atoms with Crippen molar-refractivity contribution in [1.29, 1.82) is 0 Å². The Morgan fingerprint density at radius 1 is 1.26 bits per heavy atom. The minimum atomic E-state index is -0.150. The van der Waals surface area contributed by atoms with Gasteiger partial charge in [-0.25, -0.2) is 0 Å². The van der Waals surface area contributed by atoms with Crippen LogP contribution in [0.4, 0.5) is 0 Å². The minimum absolute atomic E-state index is 0.0227. The van der Waals surface area contributed by atoms with E-state index in [2.05, 4.69) is 10.6 Å². The van der Waals surface area contributed by atoms with E-state index in [4.69, 9.17) is 5.73 Å². The second kappa shape index (κ2) is 10.2. The first-order valence-electron chi connectivity index (χ1n) is 8.49. The summed E-state index contributed by atoms with van der Waals surface area (Å²) in [4.78, 5) is 37.5. The molecule has 1 atom stereocenters. The van der Waals surface area contributed by atoms with E-state index in [0.29, 0.717) is 45.4 Å². The highest BCUT2D eigenvalue weighted by molar-refractivity contribution is 5.82. The summed E-state index contributed by atoms with van der Waals surface area (Å²) in [6, 6.07) is 0.119. The van der Waals surface area contributed by atoms with Crippen molar-refractivity contribution in [2.45, 2.75) is 52.0 Å². The molecule has 1 unspecified atom stereocenters. The van der Waals surface area contributed by atoms with E-state index in [1.165, 1.54) is 0 Å². The third-order valence-corrected chi connectivity index (χ3v) is 3.83. The number of carbonyl (C=O) groups excluding carboxylic acids is 3. The number of hydrogen-bond acceptors (Lipinski definition) is 4. The van der Waals surface area contributed by atoms with Gasteiger partial charge in [0.1, 0.15) is 0 Å². The Balaban J connectivity index is 2.32. The van der Waals surface area contributed by atoms with E-state index in [0.717, 1.165) is 12.8 Å². The van der Waals surface area contributed by atoms with Crippen LogP contribution < -0.4 is 16.4 Å². The predicted octanol–water partition coefficient (Wildman–Crippen LogP) is -0.00520. The number of amides is 3. The van der Waals surface area contributed by atoms with Crippen LogP contribution in [-0.2, 0) is 14.4 Å². The van der Waals surface area contributed by atoms with Crippen LogP contribution in [0.5, 0.6) is 0 Å². The van der Waals surface area contributed by atoms with E-state index in [9.17, 15) is 14.4 Å². The Hall–Kier alpha value is -1.63. The zero-order valence-corrected chi connectivity index (χ0v) is 14.3. The molecule has 0 radical (unpaired) electrons. The molecule has 1 aliphatic rings. The van der Waals surface area contributed by atoms with Crippen molar-refractivity contribution in [3.63, 3.8) is 0 Å². The number of rotatable bonds is 8. The summed E-state index contributed by atoms with van der Waals surface area (Å²) in [6.07, 6.45) is 2.88. The van der Waals surface area contributed by atoms with Gasteiger partial charge in [0.05, 0.1) is 5.92 Å². The smallest absolute Gasteiger partial charge is 0.224 e. The SMILES string of the molecule is CC(C)NC(=O)CCCC(=O)N1CCCC(C(=O)NCCN)C1. The number of nitrogens with one attached hydrogen (secondary N) is 2. The quantitative estimate of drug-likeness (QED) is 0.584. The Bertz CT molecular complexity index is 412. The summed E-state index contributed by atoms with van der Waals surface area (Å²) in [7, 11) is 0. The lowest BCUT2D eigenvalue weighted by molar-refractivity contribution is -0.135. The van der Waals surface area contributed by atoms with E-state index < -0.39 is 0 Å². The highest BCUT2D eigenvalue weighted by Crippen LogP contribution is 2.18. The maximum Gasteiger partial charge on any atom is 0.224 e. The van der Waals surface area contributed by atoms with Gasteiger partial charge in [-0.1, -0.05) is 0 Å². The van der Waals surface area contributed by atoms with Crippen molar-refractivity contribution in [2.24, 2.45) is 11.7 Å². The molecule has 7 heteroatoms. The van der Waals surface area contributed by atoms with Crippen LogP contribution in [0.3, 0.4) is 0 Å². The van der Waals surface area contributed by atoms with Crippen LogP contribution in [0.2, 0.25) is 0 Å². The molecule has 1 heterocycles. The molecule has 4 N–H and O–H groups in total. The highest BCUT2D eigenvalue weighted by Gasteiger charge is 2.27. The molecule has 0 bridgehead atoms. The molecule has 0 saturated carbocycles. The summed E-state index contributed by atoms with van der Waals surface area (Å²) in [5, 5.41) is 5.59. The molecule has 0 aliphatic carbocycles. The number of hydrogen-bond donors (Lipinski definition) is 3. The van der Waals surface area contributed by atoms with E-state index in [1.54, 1.807) is 4.90 Å². The number of nitrogens with zero attached hydrogens (tertiary/aromatic N) is 1. The largest absolute Gasteiger partial charge is 0.355 e. The van der Waals surface area contributed by atoms with Gasteiger partial charge in [0, 0.05) is 45.1 Å². The fourth-order valence-corrected chi connectivity index (χ4v) is 2.71. The summed E-state index contributed by atoms with van der Waals surface area (Å²) in [5.74, 6) is -0.170. The molecule has 0 aromatic heterocycles. The first-order chi connectivity index (χ1) is 10.9. The topological polar surface area (TPSA) is 105 Å². The Kier molecular flexibility index (Phi) is 8.61. The van der Waals surface area contributed by atoms with Gasteiger partial charge in [0.25, 0.3) is 0 Å². The molecule has 23 heavy (non-hydrogen) atoms. The Morgan fingerprint density at radius 2 is 2.00 bits per heavy atom. The van der Waals surface area contributed by atoms with Crippen molar-refractivity contribution in [3.8, 4) is 0 Å². The lowest BCUT2D eigenvalue weighted by Crippen LogP contribution is -2.46. The lowest BCUT2D eigenvalue weighted by atomic mass is 9.96. The molecule has 0 spiro atoms. The van der Waals surface area contributed by atoms with Gasteiger partial charge in [0.2, 0.25) is 17.7 Å². The van der Waals surface area contributed by atoms with Gasteiger partial charge in [-0.05, 0) is 33.1 Å². The third-order valence-electron chi connectivity index (χ3n) is 3.83. The van der Waals surface area contributed by atoms with Crippen LogP contribution in [0.25, 0.3) is 0 Å². The van der Waals surface area contributed by atoms with Crippen molar-refractivity contribution in [1.82, 2.24) is 15.5 Å². The van der Waals surface area contributed by atoms with Gasteiger partial charge in [-0.3, -0.25) is 14.4 Å². The lowest BCUT2D eigenvalue weighted by Gasteiger charge is -2.32. The number of carbonyl (C=O) groups is 3. The van der Waals surface area contributed by atoms with E-state index in [1.807, 2.05) is 13.8 Å². The van der Waals surface area contributed by atoms with Gasteiger partial charge in [-0.15, -0.1) is 0 Å². The first-order valence-corrected chi connectivity index (χ1v) is 8.49. The summed E-state index contributed by atoms with van der Waals surface area (Å²) in [6.45, 7) is 5.86. The summed E-state index contributed by atoms with van der Waals surface area (Å²) >= 11 is 0. The Labute approximate surface area is 138 Å². The molecular weight excluding hydrogens is 296 g/mol. The van der Waals surface area contributed by atoms with Crippen molar-refractivity contribution >= 4 is 17.7 Å². The third kappa shape index (κ3) is 7.45. The molecule has 0 aromatic rings. The van der Waals surface area contributed by atoms with Gasteiger partial charge in [0.15, 0.2) is 0 Å². The molecule has 3 amide bonds. The minimum Gasteiger partial charge on any atom is -0.355 e. The van der Waals surface area contributed by atoms with Crippen molar-refractivity contribution in [3.05, 3.63) is 0 Å². The number of likely N-dealkylation sites (tertiary alicyclic amines) is 1. The second-order valence-electron chi connectivity index (χ2n) is 6.33. The maximum atomic E-state index is 12.2. The second-order valence-corrected chi connectivity index (χ2v) is 6.33. The highest BCUT2D eigenvalue weighted by atomic mass is 16.2. The predicted molar refractivity (Wildman–Crippen MR) is 88.5 cm³/mol. The monoisotopic (exact) mass is 326 g/mol. The molecule has 1 rings (SSSR count). The average molecular weight is 326 g/mol. The number of nitrogens with two attached hydrogens (primary N) is 1. The van der Waals surface area contributed by atoms with Crippen LogP contribution in [-0.4, -0.2) is 54.8 Å². The summed E-state index contributed by atoms with van der Waals surface area (Å²) < 4.78 is 0. The fraction of sp³-hybridized carbons (Fsp3) is 0.812. The molecule has 1 saturated heterocycles. The van der Waals surface area contributed by atoms with Crippen LogP contribution in [0, 0.1) is 5.92 Å².